The number of anilines is 2. The molecule has 0 spiro atoms. The van der Waals surface area contributed by atoms with Crippen LogP contribution in [0, 0.1) is 0 Å². The van der Waals surface area contributed by atoms with Gasteiger partial charge in [0, 0.05) is 12.1 Å². The molecular formula is C13H15ClN4. The van der Waals surface area contributed by atoms with E-state index in [1.807, 2.05) is 18.2 Å². The molecule has 1 atom stereocenters. The number of halogens is 1. The van der Waals surface area contributed by atoms with Crippen LogP contribution in [0.25, 0.3) is 0 Å². The number of nitrogens with one attached hydrogen (secondary N) is 1. The van der Waals surface area contributed by atoms with E-state index in [0.717, 1.165) is 6.42 Å². The molecule has 2 aromatic rings. The average molecular weight is 263 g/mol. The summed E-state index contributed by atoms with van der Waals surface area (Å²) in [6.45, 7) is 2.08. The van der Waals surface area contributed by atoms with Gasteiger partial charge in [-0.2, -0.15) is 4.98 Å². The molecule has 5 heteroatoms. The Labute approximate surface area is 111 Å². The van der Waals surface area contributed by atoms with E-state index in [2.05, 4.69) is 34.3 Å². The first-order chi connectivity index (χ1) is 8.63. The summed E-state index contributed by atoms with van der Waals surface area (Å²) >= 11 is 5.82. The number of aromatic nitrogens is 2. The minimum absolute atomic E-state index is 0.178. The molecule has 2 rings (SSSR count). The second-order valence-corrected chi connectivity index (χ2v) is 4.56. The molecule has 0 aliphatic heterocycles. The van der Waals surface area contributed by atoms with Crippen molar-refractivity contribution in [1.29, 1.82) is 0 Å². The highest BCUT2D eigenvalue weighted by Crippen LogP contribution is 2.14. The highest BCUT2D eigenvalue weighted by atomic mass is 35.5. The lowest BCUT2D eigenvalue weighted by Gasteiger charge is -2.14. The van der Waals surface area contributed by atoms with Gasteiger partial charge >= 0.3 is 0 Å². The highest BCUT2D eigenvalue weighted by Gasteiger charge is 2.06. The molecule has 94 valence electrons. The van der Waals surface area contributed by atoms with Gasteiger partial charge in [-0.1, -0.05) is 41.9 Å². The molecule has 0 saturated carbocycles. The van der Waals surface area contributed by atoms with E-state index in [9.17, 15) is 0 Å². The normalized spacial score (nSPS) is 12.1. The van der Waals surface area contributed by atoms with E-state index in [0.29, 0.717) is 11.0 Å². The summed E-state index contributed by atoms with van der Waals surface area (Å²) in [5.41, 5.74) is 6.81. The van der Waals surface area contributed by atoms with Crippen molar-refractivity contribution < 1.29 is 0 Å². The third-order valence-corrected chi connectivity index (χ3v) is 2.68. The van der Waals surface area contributed by atoms with E-state index >= 15 is 0 Å². The second-order valence-electron chi connectivity index (χ2n) is 4.17. The number of nitrogens with two attached hydrogens (primary N) is 1. The second kappa shape index (κ2) is 5.69. The van der Waals surface area contributed by atoms with Crippen molar-refractivity contribution in [3.05, 3.63) is 47.1 Å². The average Bonchev–Trinajstić information content (AvgIpc) is 2.28. The Hall–Kier alpha value is -1.81. The summed E-state index contributed by atoms with van der Waals surface area (Å²) in [4.78, 5) is 7.90. The molecule has 1 aromatic carbocycles. The predicted octanol–water partition coefficient (Wildman–Crippen LogP) is 2.76. The van der Waals surface area contributed by atoms with Crippen molar-refractivity contribution in [3.63, 3.8) is 0 Å². The van der Waals surface area contributed by atoms with Crippen LogP contribution in [-0.4, -0.2) is 16.0 Å². The maximum absolute atomic E-state index is 5.82. The first kappa shape index (κ1) is 12.6. The highest BCUT2D eigenvalue weighted by molar-refractivity contribution is 6.29. The van der Waals surface area contributed by atoms with Crippen molar-refractivity contribution in [2.45, 2.75) is 19.4 Å². The fourth-order valence-electron chi connectivity index (χ4n) is 1.78. The smallest absolute Gasteiger partial charge is 0.223 e. The third kappa shape index (κ3) is 3.60. The lowest BCUT2D eigenvalue weighted by Crippen LogP contribution is -2.19. The summed E-state index contributed by atoms with van der Waals surface area (Å²) in [5.74, 6) is 0.827. The molecule has 1 aromatic heterocycles. The van der Waals surface area contributed by atoms with Crippen LogP contribution in [0.2, 0.25) is 5.15 Å². The van der Waals surface area contributed by atoms with Gasteiger partial charge < -0.3 is 11.1 Å². The van der Waals surface area contributed by atoms with Crippen LogP contribution in [0.1, 0.15) is 12.5 Å². The molecule has 0 fully saturated rings. The molecule has 0 bridgehead atoms. The molecule has 4 nitrogen and oxygen atoms in total. The summed E-state index contributed by atoms with van der Waals surface area (Å²) in [6, 6.07) is 12.2. The van der Waals surface area contributed by atoms with Crippen LogP contribution >= 0.6 is 11.6 Å². The topological polar surface area (TPSA) is 63.8 Å². The fourth-order valence-corrected chi connectivity index (χ4v) is 1.97. The predicted molar refractivity (Wildman–Crippen MR) is 74.7 cm³/mol. The van der Waals surface area contributed by atoms with Crippen LogP contribution in [0.15, 0.2) is 36.4 Å². The summed E-state index contributed by atoms with van der Waals surface area (Å²) in [7, 11) is 0. The molecule has 0 radical (unpaired) electrons. The molecule has 0 aliphatic rings. The monoisotopic (exact) mass is 262 g/mol. The molecule has 18 heavy (non-hydrogen) atoms. The van der Waals surface area contributed by atoms with Crippen molar-refractivity contribution >= 4 is 23.4 Å². The number of nitrogen functional groups attached to an aromatic ring is 1. The Morgan fingerprint density at radius 3 is 2.67 bits per heavy atom. The zero-order chi connectivity index (χ0) is 13.0. The summed E-state index contributed by atoms with van der Waals surface area (Å²) in [5, 5.41) is 3.60. The molecule has 1 heterocycles. The van der Waals surface area contributed by atoms with Gasteiger partial charge in [-0.05, 0) is 18.9 Å². The number of hydrogen-bond donors (Lipinski definition) is 2. The molecule has 3 N–H and O–H groups in total. The minimum Gasteiger partial charge on any atom is -0.368 e. The zero-order valence-corrected chi connectivity index (χ0v) is 10.9. The van der Waals surface area contributed by atoms with E-state index < -0.39 is 0 Å². The Kier molecular flexibility index (Phi) is 3.99. The standard InChI is InChI=1S/C13H15ClN4/c1-9(7-10-5-3-2-4-6-10)16-12-8-11(14)17-13(15)18-12/h2-6,8-9H,7H2,1H3,(H3,15,16,17,18). The van der Waals surface area contributed by atoms with Crippen LogP contribution in [0.5, 0.6) is 0 Å². The largest absolute Gasteiger partial charge is 0.368 e. The van der Waals surface area contributed by atoms with Crippen molar-refractivity contribution in [1.82, 2.24) is 9.97 Å². The Morgan fingerprint density at radius 2 is 2.00 bits per heavy atom. The van der Waals surface area contributed by atoms with Gasteiger partial charge in [0.1, 0.15) is 11.0 Å². The summed E-state index contributed by atoms with van der Waals surface area (Å²) in [6.07, 6.45) is 0.905. The van der Waals surface area contributed by atoms with E-state index in [4.69, 9.17) is 17.3 Å². The zero-order valence-electron chi connectivity index (χ0n) is 10.1. The van der Waals surface area contributed by atoms with Crippen molar-refractivity contribution in [2.75, 3.05) is 11.1 Å². The first-order valence-electron chi connectivity index (χ1n) is 5.74. The minimum atomic E-state index is 0.178. The lowest BCUT2D eigenvalue weighted by molar-refractivity contribution is 0.784. The van der Waals surface area contributed by atoms with Crippen LogP contribution in [0.3, 0.4) is 0 Å². The number of hydrogen-bond acceptors (Lipinski definition) is 4. The summed E-state index contributed by atoms with van der Waals surface area (Å²) < 4.78 is 0. The Bertz CT molecular complexity index is 495. The van der Waals surface area contributed by atoms with Gasteiger partial charge in [0.2, 0.25) is 5.95 Å². The molecule has 0 amide bonds. The van der Waals surface area contributed by atoms with E-state index in [1.54, 1.807) is 6.07 Å². The maximum Gasteiger partial charge on any atom is 0.223 e. The number of nitrogens with zero attached hydrogens (tertiary/aromatic N) is 2. The molecule has 1 unspecified atom stereocenters. The number of benzene rings is 1. The third-order valence-electron chi connectivity index (χ3n) is 2.49. The van der Waals surface area contributed by atoms with Gasteiger partial charge in [0.25, 0.3) is 0 Å². The Balaban J connectivity index is 2.01. The molecular weight excluding hydrogens is 248 g/mol. The lowest BCUT2D eigenvalue weighted by atomic mass is 10.1. The van der Waals surface area contributed by atoms with Crippen molar-refractivity contribution in [2.24, 2.45) is 0 Å². The van der Waals surface area contributed by atoms with Crippen molar-refractivity contribution in [3.8, 4) is 0 Å². The van der Waals surface area contributed by atoms with Crippen LogP contribution < -0.4 is 11.1 Å². The fraction of sp³-hybridized carbons (Fsp3) is 0.231. The SMILES string of the molecule is CC(Cc1ccccc1)Nc1cc(Cl)nc(N)n1. The first-order valence-corrected chi connectivity index (χ1v) is 6.12. The van der Waals surface area contributed by atoms with Gasteiger partial charge in [0.05, 0.1) is 0 Å². The van der Waals surface area contributed by atoms with Gasteiger partial charge in [-0.15, -0.1) is 0 Å². The number of rotatable bonds is 4. The maximum atomic E-state index is 5.82. The van der Waals surface area contributed by atoms with Gasteiger partial charge in [-0.3, -0.25) is 0 Å². The quantitative estimate of drug-likeness (QED) is 0.832. The van der Waals surface area contributed by atoms with Crippen LogP contribution in [-0.2, 0) is 6.42 Å². The molecule has 0 aliphatic carbocycles. The van der Waals surface area contributed by atoms with Gasteiger partial charge in [-0.25, -0.2) is 4.98 Å². The Morgan fingerprint density at radius 1 is 1.28 bits per heavy atom. The van der Waals surface area contributed by atoms with Crippen LogP contribution in [0.4, 0.5) is 11.8 Å². The van der Waals surface area contributed by atoms with Gasteiger partial charge in [0.15, 0.2) is 0 Å². The molecule has 0 saturated heterocycles. The van der Waals surface area contributed by atoms with E-state index in [-0.39, 0.29) is 12.0 Å². The van der Waals surface area contributed by atoms with E-state index in [1.165, 1.54) is 5.56 Å².